The molecule has 1 heterocycles. The molecular formula is C25H24ClN3O6S. The highest BCUT2D eigenvalue weighted by atomic mass is 35.5. The van der Waals surface area contributed by atoms with Gasteiger partial charge in [-0.1, -0.05) is 54.1 Å². The lowest BCUT2D eigenvalue weighted by atomic mass is 10.0. The fourth-order valence-electron chi connectivity index (χ4n) is 3.72. The number of amides is 3. The van der Waals surface area contributed by atoms with Gasteiger partial charge in [0.1, 0.15) is 6.04 Å². The van der Waals surface area contributed by atoms with Crippen molar-refractivity contribution in [1.82, 2.24) is 10.0 Å². The fourth-order valence-corrected chi connectivity index (χ4v) is 4.96. The molecule has 4 rings (SSSR count). The molecule has 0 aliphatic carbocycles. The van der Waals surface area contributed by atoms with Crippen molar-refractivity contribution in [1.29, 1.82) is 0 Å². The van der Waals surface area contributed by atoms with E-state index in [0.29, 0.717) is 27.8 Å². The van der Waals surface area contributed by atoms with E-state index in [9.17, 15) is 18.0 Å². The Kier molecular flexibility index (Phi) is 7.66. The van der Waals surface area contributed by atoms with Crippen LogP contribution in [-0.2, 0) is 27.0 Å². The molecule has 2 N–H and O–H groups in total. The van der Waals surface area contributed by atoms with Gasteiger partial charge in [-0.15, -0.1) is 0 Å². The Balaban J connectivity index is 1.49. The number of ether oxygens (including phenoxy) is 2. The van der Waals surface area contributed by atoms with E-state index in [1.165, 1.54) is 11.0 Å². The van der Waals surface area contributed by atoms with Crippen molar-refractivity contribution in [3.05, 3.63) is 88.9 Å². The Morgan fingerprint density at radius 3 is 2.44 bits per heavy atom. The standard InChI is InChI=1S/C25H24ClN3O6S/c1-29(20-10-11-22-23(14-20)35-16-34-22)24(30)21(13-17-6-3-2-4-7-17)27-25(31)28-36(32,33)15-18-8-5-9-19(26)12-18/h2-12,14,21H,13,15-16H2,1H3,(H2,27,28,31). The Morgan fingerprint density at radius 1 is 0.972 bits per heavy atom. The van der Waals surface area contributed by atoms with Crippen LogP contribution in [0.15, 0.2) is 72.8 Å². The number of hydrogen-bond donors (Lipinski definition) is 2. The van der Waals surface area contributed by atoms with E-state index in [2.05, 4.69) is 5.32 Å². The Bertz CT molecular complexity index is 1370. The van der Waals surface area contributed by atoms with E-state index in [0.717, 1.165) is 5.56 Å². The molecule has 3 aromatic carbocycles. The van der Waals surface area contributed by atoms with Crippen LogP contribution in [0.4, 0.5) is 10.5 Å². The van der Waals surface area contributed by atoms with Crippen LogP contribution in [-0.4, -0.2) is 40.2 Å². The van der Waals surface area contributed by atoms with Crippen LogP contribution < -0.4 is 24.4 Å². The van der Waals surface area contributed by atoms with Crippen LogP contribution in [0.1, 0.15) is 11.1 Å². The van der Waals surface area contributed by atoms with Gasteiger partial charge in [0.2, 0.25) is 22.7 Å². The summed E-state index contributed by atoms with van der Waals surface area (Å²) in [5, 5.41) is 2.90. The molecule has 36 heavy (non-hydrogen) atoms. The summed E-state index contributed by atoms with van der Waals surface area (Å²) in [4.78, 5) is 27.5. The van der Waals surface area contributed by atoms with Crippen molar-refractivity contribution in [2.45, 2.75) is 18.2 Å². The lowest BCUT2D eigenvalue weighted by Crippen LogP contribution is -2.52. The zero-order valence-corrected chi connectivity index (χ0v) is 20.9. The van der Waals surface area contributed by atoms with E-state index < -0.39 is 33.8 Å². The zero-order chi connectivity index (χ0) is 25.7. The van der Waals surface area contributed by atoms with Gasteiger partial charge in [0.05, 0.1) is 5.75 Å². The average molecular weight is 530 g/mol. The molecule has 0 saturated heterocycles. The number of rotatable bonds is 8. The third-order valence-electron chi connectivity index (χ3n) is 5.45. The van der Waals surface area contributed by atoms with Gasteiger partial charge >= 0.3 is 6.03 Å². The second kappa shape index (κ2) is 10.9. The second-order valence-electron chi connectivity index (χ2n) is 8.14. The minimum absolute atomic E-state index is 0.0957. The van der Waals surface area contributed by atoms with Crippen LogP contribution in [0.5, 0.6) is 11.5 Å². The molecular weight excluding hydrogens is 506 g/mol. The summed E-state index contributed by atoms with van der Waals surface area (Å²) in [6, 6.07) is 18.4. The summed E-state index contributed by atoms with van der Waals surface area (Å²) in [6.45, 7) is 0.0957. The number of hydrogen-bond acceptors (Lipinski definition) is 6. The van der Waals surface area contributed by atoms with E-state index in [-0.39, 0.29) is 13.2 Å². The molecule has 0 aromatic heterocycles. The molecule has 0 bridgehead atoms. The summed E-state index contributed by atoms with van der Waals surface area (Å²) in [7, 11) is -2.49. The number of sulfonamides is 1. The maximum absolute atomic E-state index is 13.4. The van der Waals surface area contributed by atoms with Crippen molar-refractivity contribution in [2.24, 2.45) is 0 Å². The number of benzene rings is 3. The highest BCUT2D eigenvalue weighted by molar-refractivity contribution is 7.89. The van der Waals surface area contributed by atoms with Crippen molar-refractivity contribution < 1.29 is 27.5 Å². The van der Waals surface area contributed by atoms with E-state index in [1.807, 2.05) is 35.1 Å². The molecule has 1 unspecified atom stereocenters. The maximum Gasteiger partial charge on any atom is 0.329 e. The minimum atomic E-state index is -4.05. The van der Waals surface area contributed by atoms with Gasteiger partial charge in [-0.25, -0.2) is 17.9 Å². The SMILES string of the molecule is CN(C(=O)C(Cc1ccccc1)NC(=O)NS(=O)(=O)Cc1cccc(Cl)c1)c1ccc2c(c1)OCO2. The molecule has 0 spiro atoms. The molecule has 3 aromatic rings. The quantitative estimate of drug-likeness (QED) is 0.462. The number of nitrogens with one attached hydrogen (secondary N) is 2. The number of likely N-dealkylation sites (N-methyl/N-ethyl adjacent to an activating group) is 1. The van der Waals surface area contributed by atoms with Crippen molar-refractivity contribution in [2.75, 3.05) is 18.7 Å². The predicted molar refractivity (Wildman–Crippen MR) is 136 cm³/mol. The lowest BCUT2D eigenvalue weighted by molar-refractivity contribution is -0.120. The fraction of sp³-hybridized carbons (Fsp3) is 0.200. The molecule has 0 fully saturated rings. The van der Waals surface area contributed by atoms with Crippen LogP contribution in [0, 0.1) is 0 Å². The normalized spacial score (nSPS) is 13.1. The van der Waals surface area contributed by atoms with Crippen molar-refractivity contribution in [3.8, 4) is 11.5 Å². The van der Waals surface area contributed by atoms with Gasteiger partial charge in [0.25, 0.3) is 0 Å². The number of nitrogens with zero attached hydrogens (tertiary/aromatic N) is 1. The summed E-state index contributed by atoms with van der Waals surface area (Å²) >= 11 is 5.92. The highest BCUT2D eigenvalue weighted by Crippen LogP contribution is 2.35. The van der Waals surface area contributed by atoms with Gasteiger partial charge in [-0.3, -0.25) is 4.79 Å². The monoisotopic (exact) mass is 529 g/mol. The largest absolute Gasteiger partial charge is 0.454 e. The lowest BCUT2D eigenvalue weighted by Gasteiger charge is -2.25. The van der Waals surface area contributed by atoms with Crippen LogP contribution in [0.3, 0.4) is 0 Å². The molecule has 0 saturated carbocycles. The molecule has 11 heteroatoms. The molecule has 1 atom stereocenters. The first kappa shape index (κ1) is 25.3. The first-order valence-electron chi connectivity index (χ1n) is 11.0. The summed E-state index contributed by atoms with van der Waals surface area (Å²) in [5.41, 5.74) is 1.73. The van der Waals surface area contributed by atoms with Crippen molar-refractivity contribution >= 4 is 39.2 Å². The predicted octanol–water partition coefficient (Wildman–Crippen LogP) is 3.47. The van der Waals surface area contributed by atoms with E-state index in [4.69, 9.17) is 21.1 Å². The minimum Gasteiger partial charge on any atom is -0.454 e. The van der Waals surface area contributed by atoms with Crippen LogP contribution >= 0.6 is 11.6 Å². The van der Waals surface area contributed by atoms with Gasteiger partial charge < -0.3 is 19.7 Å². The Morgan fingerprint density at radius 2 is 1.69 bits per heavy atom. The molecule has 3 amide bonds. The molecule has 1 aliphatic rings. The van der Waals surface area contributed by atoms with Gasteiger partial charge in [0, 0.05) is 30.2 Å². The Hall–Kier alpha value is -3.76. The number of anilines is 1. The number of urea groups is 1. The van der Waals surface area contributed by atoms with Gasteiger partial charge in [-0.2, -0.15) is 0 Å². The van der Waals surface area contributed by atoms with Gasteiger partial charge in [-0.05, 0) is 35.4 Å². The van der Waals surface area contributed by atoms with Gasteiger partial charge in [0.15, 0.2) is 11.5 Å². The van der Waals surface area contributed by atoms with Crippen molar-refractivity contribution in [3.63, 3.8) is 0 Å². The average Bonchev–Trinajstić information content (AvgIpc) is 3.30. The topological polar surface area (TPSA) is 114 Å². The molecule has 0 radical (unpaired) electrons. The third-order valence-corrected chi connectivity index (χ3v) is 6.90. The first-order chi connectivity index (χ1) is 17.2. The zero-order valence-electron chi connectivity index (χ0n) is 19.3. The second-order valence-corrected chi connectivity index (χ2v) is 10.3. The highest BCUT2D eigenvalue weighted by Gasteiger charge is 2.28. The number of carbonyl (C=O) groups excluding carboxylic acids is 2. The molecule has 9 nitrogen and oxygen atoms in total. The first-order valence-corrected chi connectivity index (χ1v) is 13.0. The number of halogens is 1. The third kappa shape index (κ3) is 6.46. The Labute approximate surface area is 214 Å². The van der Waals surface area contributed by atoms with Crippen LogP contribution in [0.2, 0.25) is 5.02 Å². The maximum atomic E-state index is 13.4. The summed E-state index contributed by atoms with van der Waals surface area (Å²) in [5.74, 6) is 0.183. The molecule has 1 aliphatic heterocycles. The van der Waals surface area contributed by atoms with E-state index >= 15 is 0 Å². The smallest absolute Gasteiger partial charge is 0.329 e. The summed E-state index contributed by atoms with van der Waals surface area (Å²) in [6.07, 6.45) is 0.149. The number of fused-ring (bicyclic) bond motifs is 1. The van der Waals surface area contributed by atoms with Crippen LogP contribution in [0.25, 0.3) is 0 Å². The number of carbonyl (C=O) groups is 2. The molecule has 188 valence electrons. The summed E-state index contributed by atoms with van der Waals surface area (Å²) < 4.78 is 37.8. The van der Waals surface area contributed by atoms with E-state index in [1.54, 1.807) is 43.4 Å².